The highest BCUT2D eigenvalue weighted by Gasteiger charge is 2.12. The maximum absolute atomic E-state index is 12.4. The molecular formula is C18H16N4O. The molecule has 0 radical (unpaired) electrons. The molecule has 0 bridgehead atoms. The van der Waals surface area contributed by atoms with Gasteiger partial charge in [-0.05, 0) is 24.6 Å². The van der Waals surface area contributed by atoms with E-state index < -0.39 is 0 Å². The molecule has 0 aliphatic heterocycles. The van der Waals surface area contributed by atoms with Crippen LogP contribution in [-0.4, -0.2) is 16.6 Å². The molecule has 5 heteroatoms. The number of aromatic nitrogens is 1. The number of hydrogen-bond donors (Lipinski definition) is 3. The van der Waals surface area contributed by atoms with Crippen LogP contribution in [-0.2, 0) is 0 Å². The molecule has 0 fully saturated rings. The number of nitrogen functional groups attached to an aromatic ring is 1. The van der Waals surface area contributed by atoms with Gasteiger partial charge in [-0.2, -0.15) is 0 Å². The Hall–Kier alpha value is -3.21. The van der Waals surface area contributed by atoms with Crippen molar-refractivity contribution in [3.05, 3.63) is 65.9 Å². The Kier molecular flexibility index (Phi) is 3.76. The van der Waals surface area contributed by atoms with Crippen LogP contribution in [0.15, 0.2) is 54.7 Å². The molecule has 0 aliphatic carbocycles. The number of nitrogens with two attached hydrogens (primary N) is 1. The van der Waals surface area contributed by atoms with Crippen LogP contribution in [0.2, 0.25) is 0 Å². The Morgan fingerprint density at radius 2 is 1.74 bits per heavy atom. The van der Waals surface area contributed by atoms with Crippen LogP contribution in [0.5, 0.6) is 0 Å². The van der Waals surface area contributed by atoms with Gasteiger partial charge in [0, 0.05) is 28.2 Å². The molecule has 3 aromatic rings. The molecule has 0 unspecified atom stereocenters. The van der Waals surface area contributed by atoms with Crippen molar-refractivity contribution in [3.63, 3.8) is 0 Å². The topological polar surface area (TPSA) is 91.9 Å². The first-order chi connectivity index (χ1) is 11.1. The Morgan fingerprint density at radius 1 is 1.09 bits per heavy atom. The Labute approximate surface area is 133 Å². The fraction of sp³-hybridized carbons (Fsp3) is 0.0556. The summed E-state index contributed by atoms with van der Waals surface area (Å²) >= 11 is 0. The third-order valence-corrected chi connectivity index (χ3v) is 3.65. The van der Waals surface area contributed by atoms with E-state index in [4.69, 9.17) is 11.1 Å². The first-order valence-electron chi connectivity index (χ1n) is 7.16. The maximum Gasteiger partial charge on any atom is 0.255 e. The minimum absolute atomic E-state index is 0.260. The number of rotatable bonds is 3. The van der Waals surface area contributed by atoms with Gasteiger partial charge in [0.2, 0.25) is 0 Å². The number of benzene rings is 2. The van der Waals surface area contributed by atoms with Crippen LogP contribution < -0.4 is 11.1 Å². The molecule has 4 N–H and O–H groups in total. The predicted molar refractivity (Wildman–Crippen MR) is 93.1 cm³/mol. The molecule has 1 amide bonds. The fourth-order valence-corrected chi connectivity index (χ4v) is 2.37. The molecule has 1 heterocycles. The molecule has 0 saturated carbocycles. The van der Waals surface area contributed by atoms with Crippen LogP contribution in [0.25, 0.3) is 10.8 Å². The van der Waals surface area contributed by atoms with E-state index in [2.05, 4.69) is 10.3 Å². The predicted octanol–water partition coefficient (Wildman–Crippen LogP) is 3.46. The van der Waals surface area contributed by atoms with Gasteiger partial charge in [0.25, 0.3) is 5.91 Å². The number of carbonyl (C=O) groups is 1. The number of fused-ring (bicyclic) bond motifs is 1. The zero-order chi connectivity index (χ0) is 16.4. The second-order valence-corrected chi connectivity index (χ2v) is 5.26. The molecule has 23 heavy (non-hydrogen) atoms. The number of anilines is 2. The summed E-state index contributed by atoms with van der Waals surface area (Å²) in [4.78, 5) is 16.6. The number of amides is 1. The van der Waals surface area contributed by atoms with Gasteiger partial charge < -0.3 is 16.5 Å². The fourth-order valence-electron chi connectivity index (χ4n) is 2.37. The van der Waals surface area contributed by atoms with E-state index in [1.165, 1.54) is 0 Å². The van der Waals surface area contributed by atoms with Crippen molar-refractivity contribution in [3.8, 4) is 0 Å². The average Bonchev–Trinajstić information content (AvgIpc) is 2.57. The van der Waals surface area contributed by atoms with Crippen molar-refractivity contribution in [2.24, 2.45) is 0 Å². The Balaban J connectivity index is 1.94. The third kappa shape index (κ3) is 2.89. The van der Waals surface area contributed by atoms with Gasteiger partial charge in [0.05, 0.1) is 5.69 Å². The lowest BCUT2D eigenvalue weighted by Crippen LogP contribution is -2.14. The van der Waals surface area contributed by atoms with Gasteiger partial charge in [-0.1, -0.05) is 36.4 Å². The van der Waals surface area contributed by atoms with Crippen LogP contribution in [0, 0.1) is 5.41 Å². The number of nitrogens with one attached hydrogen (secondary N) is 2. The molecule has 3 rings (SSSR count). The molecule has 114 valence electrons. The summed E-state index contributed by atoms with van der Waals surface area (Å²) in [5, 5.41) is 12.2. The lowest BCUT2D eigenvalue weighted by Gasteiger charge is -2.11. The first kappa shape index (κ1) is 14.7. The normalized spacial score (nSPS) is 10.5. The molecule has 0 saturated heterocycles. The van der Waals surface area contributed by atoms with Crippen molar-refractivity contribution < 1.29 is 4.79 Å². The second kappa shape index (κ2) is 5.88. The van der Waals surface area contributed by atoms with Crippen molar-refractivity contribution >= 4 is 33.9 Å². The SMILES string of the molecule is CC(=N)c1ccc(C(=O)Nc2c(N)ncc3ccccc23)cc1. The second-order valence-electron chi connectivity index (χ2n) is 5.26. The third-order valence-electron chi connectivity index (χ3n) is 3.65. The van der Waals surface area contributed by atoms with Gasteiger partial charge in [-0.3, -0.25) is 4.79 Å². The lowest BCUT2D eigenvalue weighted by atomic mass is 10.1. The van der Waals surface area contributed by atoms with E-state index in [0.717, 1.165) is 16.3 Å². The maximum atomic E-state index is 12.4. The summed E-state index contributed by atoms with van der Waals surface area (Å²) in [6, 6.07) is 14.5. The highest BCUT2D eigenvalue weighted by atomic mass is 16.1. The van der Waals surface area contributed by atoms with Crippen molar-refractivity contribution in [2.75, 3.05) is 11.1 Å². The summed E-state index contributed by atoms with van der Waals surface area (Å²) in [5.74, 6) is 0.0213. The van der Waals surface area contributed by atoms with E-state index in [-0.39, 0.29) is 11.7 Å². The zero-order valence-corrected chi connectivity index (χ0v) is 12.6. The summed E-state index contributed by atoms with van der Waals surface area (Å²) in [7, 11) is 0. The van der Waals surface area contributed by atoms with E-state index >= 15 is 0 Å². The molecule has 0 atom stereocenters. The van der Waals surface area contributed by atoms with Gasteiger partial charge in [-0.15, -0.1) is 0 Å². The smallest absolute Gasteiger partial charge is 0.255 e. The van der Waals surface area contributed by atoms with Crippen molar-refractivity contribution in [1.29, 1.82) is 5.41 Å². The first-order valence-corrected chi connectivity index (χ1v) is 7.16. The molecule has 1 aromatic heterocycles. The summed E-state index contributed by atoms with van der Waals surface area (Å²) < 4.78 is 0. The number of carbonyl (C=O) groups excluding carboxylic acids is 1. The van der Waals surface area contributed by atoms with Gasteiger partial charge >= 0.3 is 0 Å². The molecular weight excluding hydrogens is 288 g/mol. The Morgan fingerprint density at radius 3 is 2.43 bits per heavy atom. The van der Waals surface area contributed by atoms with Crippen molar-refractivity contribution in [1.82, 2.24) is 4.98 Å². The largest absolute Gasteiger partial charge is 0.382 e. The minimum Gasteiger partial charge on any atom is -0.382 e. The van der Waals surface area contributed by atoms with E-state index in [1.54, 1.807) is 37.4 Å². The number of nitrogens with zero attached hydrogens (tertiary/aromatic N) is 1. The van der Waals surface area contributed by atoms with Gasteiger partial charge in [0.15, 0.2) is 0 Å². The standard InChI is InChI=1S/C18H16N4O/c1-11(19)12-6-8-13(9-7-12)18(23)22-16-15-5-3-2-4-14(15)10-21-17(16)20/h2-10,19H,1H3,(H2,20,21)(H,22,23). The minimum atomic E-state index is -0.260. The van der Waals surface area contributed by atoms with Crippen LogP contribution >= 0.6 is 0 Å². The monoisotopic (exact) mass is 304 g/mol. The van der Waals surface area contributed by atoms with Gasteiger partial charge in [0.1, 0.15) is 5.82 Å². The van der Waals surface area contributed by atoms with Crippen LogP contribution in [0.4, 0.5) is 11.5 Å². The molecule has 0 aliphatic rings. The summed E-state index contributed by atoms with van der Waals surface area (Å²) in [6.45, 7) is 1.71. The number of pyridine rings is 1. The van der Waals surface area contributed by atoms with Crippen molar-refractivity contribution in [2.45, 2.75) is 6.92 Å². The highest BCUT2D eigenvalue weighted by Crippen LogP contribution is 2.27. The van der Waals surface area contributed by atoms with Crippen LogP contribution in [0.3, 0.4) is 0 Å². The van der Waals surface area contributed by atoms with E-state index in [0.29, 0.717) is 17.0 Å². The summed E-state index contributed by atoms with van der Waals surface area (Å²) in [6.07, 6.45) is 1.68. The van der Waals surface area contributed by atoms with Crippen LogP contribution in [0.1, 0.15) is 22.8 Å². The molecule has 5 nitrogen and oxygen atoms in total. The average molecular weight is 304 g/mol. The quantitative estimate of drug-likeness (QED) is 0.647. The van der Waals surface area contributed by atoms with E-state index in [1.807, 2.05) is 24.3 Å². The highest BCUT2D eigenvalue weighted by molar-refractivity contribution is 6.11. The lowest BCUT2D eigenvalue weighted by molar-refractivity contribution is 0.102. The Bertz CT molecular complexity index is 901. The van der Waals surface area contributed by atoms with Gasteiger partial charge in [-0.25, -0.2) is 4.98 Å². The van der Waals surface area contributed by atoms with E-state index in [9.17, 15) is 4.79 Å². The zero-order valence-electron chi connectivity index (χ0n) is 12.6. The summed E-state index contributed by atoms with van der Waals surface area (Å²) in [5.41, 5.74) is 8.18. The molecule has 0 spiro atoms. The number of hydrogen-bond acceptors (Lipinski definition) is 4. The molecule has 2 aromatic carbocycles.